The molecule has 0 aromatic heterocycles. The molecule has 2 saturated heterocycles. The first kappa shape index (κ1) is 18.6. The average molecular weight is 362 g/mol. The Morgan fingerprint density at radius 1 is 1.28 bits per heavy atom. The van der Waals surface area contributed by atoms with Crippen molar-refractivity contribution in [2.45, 2.75) is 43.3 Å². The van der Waals surface area contributed by atoms with Gasteiger partial charge in [0.15, 0.2) is 5.96 Å². The third kappa shape index (κ3) is 4.70. The summed E-state index contributed by atoms with van der Waals surface area (Å²) in [6.45, 7) is 5.79. The molecule has 1 aromatic rings. The summed E-state index contributed by atoms with van der Waals surface area (Å²) < 4.78 is 5.66. The van der Waals surface area contributed by atoms with E-state index in [4.69, 9.17) is 4.74 Å². The summed E-state index contributed by atoms with van der Waals surface area (Å²) in [4.78, 5) is 4.43. The Morgan fingerprint density at radius 3 is 2.76 bits per heavy atom. The molecule has 1 atom stereocenters. The maximum absolute atomic E-state index is 5.66. The van der Waals surface area contributed by atoms with E-state index < -0.39 is 0 Å². The highest BCUT2D eigenvalue weighted by molar-refractivity contribution is 8.00. The van der Waals surface area contributed by atoms with Crippen molar-refractivity contribution >= 4 is 17.7 Å². The van der Waals surface area contributed by atoms with Crippen molar-refractivity contribution in [3.63, 3.8) is 0 Å². The smallest absolute Gasteiger partial charge is 0.191 e. The van der Waals surface area contributed by atoms with Crippen molar-refractivity contribution in [2.24, 2.45) is 4.99 Å². The van der Waals surface area contributed by atoms with Gasteiger partial charge < -0.3 is 15.4 Å². The predicted octanol–water partition coefficient (Wildman–Crippen LogP) is 3.10. The first-order valence-electron chi connectivity index (χ1n) is 9.43. The zero-order valence-corrected chi connectivity index (χ0v) is 16.3. The van der Waals surface area contributed by atoms with Crippen LogP contribution in [0.4, 0.5) is 0 Å². The van der Waals surface area contributed by atoms with Crippen molar-refractivity contribution in [3.05, 3.63) is 35.4 Å². The topological polar surface area (TPSA) is 45.7 Å². The first-order valence-corrected chi connectivity index (χ1v) is 10.5. The molecule has 2 heterocycles. The van der Waals surface area contributed by atoms with Gasteiger partial charge >= 0.3 is 0 Å². The van der Waals surface area contributed by atoms with E-state index in [-0.39, 0.29) is 5.41 Å². The summed E-state index contributed by atoms with van der Waals surface area (Å²) in [6, 6.07) is 8.79. The molecule has 0 radical (unpaired) electrons. The van der Waals surface area contributed by atoms with E-state index in [0.717, 1.165) is 50.4 Å². The van der Waals surface area contributed by atoms with E-state index in [1.165, 1.54) is 29.7 Å². The molecule has 2 aliphatic heterocycles. The van der Waals surface area contributed by atoms with Crippen LogP contribution in [0.25, 0.3) is 0 Å². The molecule has 3 rings (SSSR count). The zero-order valence-electron chi connectivity index (χ0n) is 15.5. The monoisotopic (exact) mass is 361 g/mol. The highest BCUT2D eigenvalue weighted by Gasteiger charge is 2.35. The van der Waals surface area contributed by atoms with Crippen LogP contribution in [0.2, 0.25) is 0 Å². The van der Waals surface area contributed by atoms with Crippen molar-refractivity contribution < 1.29 is 4.74 Å². The molecule has 1 unspecified atom stereocenters. The molecule has 5 heteroatoms. The van der Waals surface area contributed by atoms with Gasteiger partial charge in [0.1, 0.15) is 0 Å². The van der Waals surface area contributed by atoms with E-state index in [1.54, 1.807) is 0 Å². The number of aliphatic imine (C=N–C) groups is 1. The van der Waals surface area contributed by atoms with Gasteiger partial charge in [-0.1, -0.05) is 24.3 Å². The minimum Gasteiger partial charge on any atom is -0.381 e. The molecule has 138 valence electrons. The number of thioether (sulfide) groups is 1. The number of hydrogen-bond acceptors (Lipinski definition) is 3. The number of ether oxygens (including phenoxy) is 1. The Morgan fingerprint density at radius 2 is 2.08 bits per heavy atom. The Labute approximate surface area is 156 Å². The second kappa shape index (κ2) is 8.95. The molecule has 0 spiro atoms. The van der Waals surface area contributed by atoms with Gasteiger partial charge in [0, 0.05) is 44.0 Å². The molecular formula is C20H31N3OS. The lowest BCUT2D eigenvalue weighted by Gasteiger charge is -2.39. The summed E-state index contributed by atoms with van der Waals surface area (Å²) in [5.74, 6) is 2.22. The van der Waals surface area contributed by atoms with Gasteiger partial charge in [0.25, 0.3) is 0 Å². The highest BCUT2D eigenvalue weighted by atomic mass is 32.2. The third-order valence-electron chi connectivity index (χ3n) is 5.51. The van der Waals surface area contributed by atoms with Gasteiger partial charge in [0.2, 0.25) is 0 Å². The standard InChI is InChI=1S/C20H31N3OS/c1-16-6-3-4-8-18(16)20(9-11-24-12-10-20)15-23-19(21-2)22-14-17-7-5-13-25-17/h3-4,6,8,17H,5,7,9-15H2,1-2H3,(H2,21,22,23). The van der Waals surface area contributed by atoms with Crippen LogP contribution >= 0.6 is 11.8 Å². The Balaban J connectivity index is 1.65. The van der Waals surface area contributed by atoms with Crippen LogP contribution in [0.1, 0.15) is 36.8 Å². The molecule has 1 aromatic carbocycles. The van der Waals surface area contributed by atoms with Gasteiger partial charge in [-0.25, -0.2) is 0 Å². The van der Waals surface area contributed by atoms with Crippen LogP contribution in [0.15, 0.2) is 29.3 Å². The number of nitrogens with zero attached hydrogens (tertiary/aromatic N) is 1. The fourth-order valence-corrected chi connectivity index (χ4v) is 5.16. The van der Waals surface area contributed by atoms with Gasteiger partial charge in [0.05, 0.1) is 0 Å². The van der Waals surface area contributed by atoms with E-state index in [1.807, 2.05) is 7.05 Å². The lowest BCUT2D eigenvalue weighted by Crippen LogP contribution is -2.49. The molecule has 0 bridgehead atoms. The number of rotatable bonds is 5. The summed E-state index contributed by atoms with van der Waals surface area (Å²) in [6.07, 6.45) is 4.78. The van der Waals surface area contributed by atoms with Crippen molar-refractivity contribution in [2.75, 3.05) is 39.1 Å². The van der Waals surface area contributed by atoms with E-state index in [9.17, 15) is 0 Å². The molecule has 0 aliphatic carbocycles. The van der Waals surface area contributed by atoms with Crippen molar-refractivity contribution in [1.29, 1.82) is 0 Å². The second-order valence-corrected chi connectivity index (χ2v) is 8.56. The molecule has 0 saturated carbocycles. The molecule has 2 N–H and O–H groups in total. The second-order valence-electron chi connectivity index (χ2n) is 7.15. The Kier molecular flexibility index (Phi) is 6.65. The predicted molar refractivity (Wildman–Crippen MR) is 108 cm³/mol. The normalized spacial score (nSPS) is 23.4. The number of aryl methyl sites for hydroxylation is 1. The maximum atomic E-state index is 5.66. The van der Waals surface area contributed by atoms with Gasteiger partial charge in [-0.2, -0.15) is 11.8 Å². The lowest BCUT2D eigenvalue weighted by molar-refractivity contribution is 0.0512. The summed E-state index contributed by atoms with van der Waals surface area (Å²) >= 11 is 2.08. The van der Waals surface area contributed by atoms with Gasteiger partial charge in [-0.05, 0) is 49.5 Å². The summed E-state index contributed by atoms with van der Waals surface area (Å²) in [5.41, 5.74) is 2.95. The van der Waals surface area contributed by atoms with Crippen LogP contribution in [-0.2, 0) is 10.2 Å². The van der Waals surface area contributed by atoms with Crippen LogP contribution < -0.4 is 10.6 Å². The number of guanidine groups is 1. The molecule has 2 aliphatic rings. The largest absolute Gasteiger partial charge is 0.381 e. The molecule has 25 heavy (non-hydrogen) atoms. The van der Waals surface area contributed by atoms with Crippen LogP contribution in [0.3, 0.4) is 0 Å². The molecule has 4 nitrogen and oxygen atoms in total. The molecular weight excluding hydrogens is 330 g/mol. The van der Waals surface area contributed by atoms with Gasteiger partial charge in [-0.15, -0.1) is 0 Å². The first-order chi connectivity index (χ1) is 12.2. The van der Waals surface area contributed by atoms with Crippen molar-refractivity contribution in [3.8, 4) is 0 Å². The van der Waals surface area contributed by atoms with Crippen LogP contribution in [-0.4, -0.2) is 50.3 Å². The minimum atomic E-state index is 0.128. The SMILES string of the molecule is CN=C(NCC1CCCS1)NCC1(c2ccccc2C)CCOCC1. The summed E-state index contributed by atoms with van der Waals surface area (Å²) in [5, 5.41) is 7.85. The Bertz CT molecular complexity index is 578. The minimum absolute atomic E-state index is 0.128. The average Bonchev–Trinajstić information content (AvgIpc) is 3.16. The highest BCUT2D eigenvalue weighted by Crippen LogP contribution is 2.36. The number of benzene rings is 1. The molecule has 2 fully saturated rings. The quantitative estimate of drug-likeness (QED) is 0.625. The third-order valence-corrected chi connectivity index (χ3v) is 6.90. The lowest BCUT2D eigenvalue weighted by atomic mass is 9.72. The fraction of sp³-hybridized carbons (Fsp3) is 0.650. The fourth-order valence-electron chi connectivity index (χ4n) is 3.96. The number of hydrogen-bond donors (Lipinski definition) is 2. The molecule has 0 amide bonds. The van der Waals surface area contributed by atoms with Crippen LogP contribution in [0, 0.1) is 6.92 Å². The van der Waals surface area contributed by atoms with E-state index >= 15 is 0 Å². The summed E-state index contributed by atoms with van der Waals surface area (Å²) in [7, 11) is 1.86. The van der Waals surface area contributed by atoms with Crippen molar-refractivity contribution in [1.82, 2.24) is 10.6 Å². The van der Waals surface area contributed by atoms with Gasteiger partial charge in [-0.3, -0.25) is 4.99 Å². The number of nitrogens with one attached hydrogen (secondary N) is 2. The maximum Gasteiger partial charge on any atom is 0.191 e. The van der Waals surface area contributed by atoms with Crippen LogP contribution in [0.5, 0.6) is 0 Å². The van der Waals surface area contributed by atoms with E-state index in [2.05, 4.69) is 58.6 Å². The zero-order chi connectivity index (χ0) is 17.5. The Hall–Kier alpha value is -1.20. The van der Waals surface area contributed by atoms with E-state index in [0.29, 0.717) is 0 Å².